The van der Waals surface area contributed by atoms with Gasteiger partial charge >= 0.3 is 5.97 Å². The van der Waals surface area contributed by atoms with E-state index in [1.807, 2.05) is 6.08 Å². The average Bonchev–Trinajstić information content (AvgIpc) is 3.28. The minimum absolute atomic E-state index is 0.0107. The van der Waals surface area contributed by atoms with Crippen LogP contribution in [-0.2, 0) is 14.3 Å². The molecule has 2 unspecified atom stereocenters. The van der Waals surface area contributed by atoms with Crippen molar-refractivity contribution >= 4 is 11.9 Å². The van der Waals surface area contributed by atoms with Crippen LogP contribution in [0.5, 0.6) is 0 Å². The molecule has 6 nitrogen and oxygen atoms in total. The second kappa shape index (κ2) is 53.0. The monoisotopic (exact) mass is 888 g/mol. The van der Waals surface area contributed by atoms with E-state index in [2.05, 4.69) is 31.3 Å². The highest BCUT2D eigenvalue weighted by Gasteiger charge is 2.18. The predicted molar refractivity (Wildman–Crippen MR) is 273 cm³/mol. The second-order valence-corrected chi connectivity index (χ2v) is 19.3. The van der Waals surface area contributed by atoms with E-state index < -0.39 is 12.1 Å². The highest BCUT2D eigenvalue weighted by molar-refractivity contribution is 5.76. The minimum Gasteiger partial charge on any atom is -0.466 e. The first kappa shape index (κ1) is 61.3. The van der Waals surface area contributed by atoms with Gasteiger partial charge in [-0.25, -0.2) is 0 Å². The number of allylic oxidation sites excluding steroid dienone is 3. The van der Waals surface area contributed by atoms with Crippen LogP contribution in [0.3, 0.4) is 0 Å². The van der Waals surface area contributed by atoms with Gasteiger partial charge < -0.3 is 20.3 Å². The standard InChI is InChI=1S/C57H109NO5/c1-3-5-7-9-11-13-15-26-31-35-39-43-47-51-57(62)63-52-48-44-40-36-32-28-25-23-21-19-17-16-18-20-22-24-27-30-34-38-42-46-50-56(61)58-54(53-59)55(60)49-45-41-37-33-29-14-12-10-8-6-4-2/h18,20,45,49,54-55,59-60H,3-17,19,21-44,46-48,50-53H2,1-2H3,(H,58,61)/b20-18-,49-45+. The van der Waals surface area contributed by atoms with Crippen LogP contribution in [0.1, 0.15) is 303 Å². The van der Waals surface area contributed by atoms with Crippen LogP contribution in [0, 0.1) is 0 Å². The summed E-state index contributed by atoms with van der Waals surface area (Å²) in [7, 11) is 0. The Morgan fingerprint density at radius 3 is 1.13 bits per heavy atom. The van der Waals surface area contributed by atoms with Gasteiger partial charge in [-0.3, -0.25) is 9.59 Å². The Hall–Kier alpha value is -1.66. The van der Waals surface area contributed by atoms with Gasteiger partial charge in [0.25, 0.3) is 0 Å². The fraction of sp³-hybridized carbons (Fsp3) is 0.895. The molecule has 0 fully saturated rings. The van der Waals surface area contributed by atoms with E-state index in [0.717, 1.165) is 44.9 Å². The zero-order valence-electron chi connectivity index (χ0n) is 42.3. The van der Waals surface area contributed by atoms with Gasteiger partial charge in [0.1, 0.15) is 0 Å². The Morgan fingerprint density at radius 1 is 0.429 bits per heavy atom. The van der Waals surface area contributed by atoms with E-state index in [-0.39, 0.29) is 18.5 Å². The molecule has 2 atom stereocenters. The maximum Gasteiger partial charge on any atom is 0.305 e. The predicted octanol–water partition coefficient (Wildman–Crippen LogP) is 17.1. The normalized spacial score (nSPS) is 12.8. The Kier molecular flexibility index (Phi) is 51.6. The summed E-state index contributed by atoms with van der Waals surface area (Å²) in [6.45, 7) is 4.89. The zero-order chi connectivity index (χ0) is 45.8. The van der Waals surface area contributed by atoms with E-state index in [0.29, 0.717) is 19.4 Å². The molecule has 0 aromatic heterocycles. The molecule has 0 radical (unpaired) electrons. The van der Waals surface area contributed by atoms with Crippen LogP contribution in [0.25, 0.3) is 0 Å². The van der Waals surface area contributed by atoms with Crippen molar-refractivity contribution in [2.24, 2.45) is 0 Å². The van der Waals surface area contributed by atoms with Crippen molar-refractivity contribution in [3.8, 4) is 0 Å². The smallest absolute Gasteiger partial charge is 0.305 e. The highest BCUT2D eigenvalue weighted by atomic mass is 16.5. The Labute approximate surface area is 392 Å². The first-order valence-electron chi connectivity index (χ1n) is 28.1. The van der Waals surface area contributed by atoms with Crippen molar-refractivity contribution in [1.82, 2.24) is 5.32 Å². The molecule has 3 N–H and O–H groups in total. The molecular formula is C57H109NO5. The van der Waals surface area contributed by atoms with E-state index >= 15 is 0 Å². The number of esters is 1. The number of unbranched alkanes of at least 4 members (excludes halogenated alkanes) is 39. The summed E-state index contributed by atoms with van der Waals surface area (Å²) in [6, 6.07) is -0.631. The van der Waals surface area contributed by atoms with Gasteiger partial charge in [-0.1, -0.05) is 256 Å². The van der Waals surface area contributed by atoms with Gasteiger partial charge in [0.05, 0.1) is 25.4 Å². The summed E-state index contributed by atoms with van der Waals surface area (Å²) < 4.78 is 5.47. The van der Waals surface area contributed by atoms with Crippen LogP contribution < -0.4 is 5.32 Å². The first-order chi connectivity index (χ1) is 31.0. The van der Waals surface area contributed by atoms with Crippen molar-refractivity contribution in [1.29, 1.82) is 0 Å². The zero-order valence-corrected chi connectivity index (χ0v) is 42.3. The molecule has 63 heavy (non-hydrogen) atoms. The molecule has 0 heterocycles. The maximum absolute atomic E-state index is 12.4. The van der Waals surface area contributed by atoms with Gasteiger partial charge in [0.15, 0.2) is 0 Å². The molecule has 0 aliphatic heterocycles. The van der Waals surface area contributed by atoms with Crippen molar-refractivity contribution in [3.05, 3.63) is 24.3 Å². The van der Waals surface area contributed by atoms with Gasteiger partial charge in [-0.2, -0.15) is 0 Å². The Bertz CT molecular complexity index is 982. The van der Waals surface area contributed by atoms with Gasteiger partial charge in [-0.05, 0) is 57.8 Å². The molecule has 0 bridgehead atoms. The largest absolute Gasteiger partial charge is 0.466 e. The first-order valence-corrected chi connectivity index (χ1v) is 28.1. The summed E-state index contributed by atoms with van der Waals surface area (Å²) >= 11 is 0. The van der Waals surface area contributed by atoms with Crippen LogP contribution >= 0.6 is 0 Å². The number of carbonyl (C=O) groups excluding carboxylic acids is 2. The SMILES string of the molecule is CCCCCCCCCCC/C=C/C(O)C(CO)NC(=O)CCCCCCCCC/C=C\CCCCCCCCCCCCCOC(=O)CCCCCCCCCCCCCCC. The lowest BCUT2D eigenvalue weighted by atomic mass is 10.0. The summed E-state index contributed by atoms with van der Waals surface area (Å²) in [5.41, 5.74) is 0. The number of amides is 1. The summed E-state index contributed by atoms with van der Waals surface area (Å²) in [4.78, 5) is 24.4. The molecule has 1 amide bonds. The molecular weight excluding hydrogens is 779 g/mol. The van der Waals surface area contributed by atoms with Crippen LogP contribution in [0.4, 0.5) is 0 Å². The molecule has 0 saturated carbocycles. The number of hydrogen-bond acceptors (Lipinski definition) is 5. The number of aliphatic hydroxyl groups is 2. The van der Waals surface area contributed by atoms with E-state index in [1.165, 1.54) is 231 Å². The molecule has 0 aliphatic rings. The van der Waals surface area contributed by atoms with Crippen molar-refractivity contribution < 1.29 is 24.5 Å². The van der Waals surface area contributed by atoms with Gasteiger partial charge in [0.2, 0.25) is 5.91 Å². The Balaban J connectivity index is 3.42. The number of nitrogens with one attached hydrogen (secondary N) is 1. The molecule has 0 saturated heterocycles. The lowest BCUT2D eigenvalue weighted by Crippen LogP contribution is -2.45. The number of ether oxygens (including phenoxy) is 1. The van der Waals surface area contributed by atoms with Crippen LogP contribution in [0.15, 0.2) is 24.3 Å². The quantitative estimate of drug-likeness (QED) is 0.0321. The lowest BCUT2D eigenvalue weighted by Gasteiger charge is -2.20. The lowest BCUT2D eigenvalue weighted by molar-refractivity contribution is -0.143. The molecule has 0 rings (SSSR count). The molecule has 0 aromatic carbocycles. The molecule has 6 heteroatoms. The number of hydrogen-bond donors (Lipinski definition) is 3. The van der Waals surface area contributed by atoms with Crippen molar-refractivity contribution in [2.75, 3.05) is 13.2 Å². The number of rotatable bonds is 52. The van der Waals surface area contributed by atoms with Gasteiger partial charge in [-0.15, -0.1) is 0 Å². The second-order valence-electron chi connectivity index (χ2n) is 19.3. The van der Waals surface area contributed by atoms with E-state index in [1.54, 1.807) is 6.08 Å². The molecule has 0 aromatic rings. The fourth-order valence-electron chi connectivity index (χ4n) is 8.63. The molecule has 0 aliphatic carbocycles. The fourth-order valence-corrected chi connectivity index (χ4v) is 8.63. The molecule has 0 spiro atoms. The molecule has 372 valence electrons. The van der Waals surface area contributed by atoms with Gasteiger partial charge in [0, 0.05) is 12.8 Å². The summed E-state index contributed by atoms with van der Waals surface area (Å²) in [5, 5.41) is 23.0. The summed E-state index contributed by atoms with van der Waals surface area (Å²) in [6.07, 6.45) is 63.4. The number of aliphatic hydroxyl groups excluding tert-OH is 2. The highest BCUT2D eigenvalue weighted by Crippen LogP contribution is 2.16. The van der Waals surface area contributed by atoms with E-state index in [4.69, 9.17) is 4.74 Å². The third kappa shape index (κ3) is 49.6. The summed E-state index contributed by atoms with van der Waals surface area (Å²) in [5.74, 6) is -0.0652. The average molecular weight is 889 g/mol. The maximum atomic E-state index is 12.4. The topological polar surface area (TPSA) is 95.9 Å². The minimum atomic E-state index is -0.846. The van der Waals surface area contributed by atoms with Crippen LogP contribution in [0.2, 0.25) is 0 Å². The van der Waals surface area contributed by atoms with Crippen molar-refractivity contribution in [2.45, 2.75) is 315 Å². The van der Waals surface area contributed by atoms with Crippen molar-refractivity contribution in [3.63, 3.8) is 0 Å². The van der Waals surface area contributed by atoms with Crippen LogP contribution in [-0.4, -0.2) is 47.4 Å². The Morgan fingerprint density at radius 2 is 0.746 bits per heavy atom. The third-order valence-electron chi connectivity index (χ3n) is 13.0. The third-order valence-corrected chi connectivity index (χ3v) is 13.0. The number of carbonyl (C=O) groups is 2. The van der Waals surface area contributed by atoms with E-state index in [9.17, 15) is 19.8 Å².